The summed E-state index contributed by atoms with van der Waals surface area (Å²) in [5.74, 6) is -0.0613. The number of rotatable bonds is 8. The maximum absolute atomic E-state index is 13.9. The molecule has 1 aromatic heterocycles. The van der Waals surface area contributed by atoms with E-state index in [0.29, 0.717) is 24.8 Å². The maximum Gasteiger partial charge on any atom is 0.315 e. The number of carboxylic acid groups (broad SMARTS) is 1. The van der Waals surface area contributed by atoms with Crippen LogP contribution in [-0.2, 0) is 25.7 Å². The summed E-state index contributed by atoms with van der Waals surface area (Å²) < 4.78 is 6.15. The van der Waals surface area contributed by atoms with Crippen LogP contribution in [0.15, 0.2) is 28.7 Å². The molecule has 6 rings (SSSR count). The van der Waals surface area contributed by atoms with Crippen molar-refractivity contribution in [2.75, 3.05) is 0 Å². The quantitative estimate of drug-likeness (QED) is 0.232. The molecule has 0 aromatic carbocycles. The lowest BCUT2D eigenvalue weighted by atomic mass is 9.33. The van der Waals surface area contributed by atoms with Gasteiger partial charge in [-0.1, -0.05) is 54.5 Å². The number of urea groups is 1. The molecule has 0 spiro atoms. The van der Waals surface area contributed by atoms with Crippen LogP contribution in [-0.4, -0.2) is 40.5 Å². The number of aliphatic carboxylic acids is 1. The first kappa shape index (κ1) is 37.1. The Labute approximate surface area is 303 Å². The molecule has 50 heavy (non-hydrogen) atoms. The van der Waals surface area contributed by atoms with Crippen LogP contribution in [0.3, 0.4) is 0 Å². The number of hydrogen-bond donors (Lipinski definition) is 3. The predicted molar refractivity (Wildman–Crippen MR) is 195 cm³/mol. The van der Waals surface area contributed by atoms with E-state index in [4.69, 9.17) is 4.74 Å². The molecule has 1 aromatic rings. The van der Waals surface area contributed by atoms with Gasteiger partial charge < -0.3 is 20.5 Å². The van der Waals surface area contributed by atoms with E-state index >= 15 is 0 Å². The van der Waals surface area contributed by atoms with E-state index < -0.39 is 22.9 Å². The van der Waals surface area contributed by atoms with Crippen LogP contribution in [0, 0.1) is 50.7 Å². The number of ether oxygens (including phenoxy) is 1. The van der Waals surface area contributed by atoms with E-state index in [2.05, 4.69) is 59.1 Å². The monoisotopic (exact) mass is 708 g/mol. The van der Waals surface area contributed by atoms with Gasteiger partial charge in [-0.2, -0.15) is 0 Å². The van der Waals surface area contributed by atoms with Crippen LogP contribution in [0.1, 0.15) is 131 Å². The van der Waals surface area contributed by atoms with Gasteiger partial charge in [0, 0.05) is 16.7 Å². The molecule has 0 unspecified atom stereocenters. The average Bonchev–Trinajstić information content (AvgIpc) is 3.63. The summed E-state index contributed by atoms with van der Waals surface area (Å²) >= 11 is 1.62. The second kappa shape index (κ2) is 12.5. The molecule has 1 heterocycles. The average molecular weight is 709 g/mol. The highest BCUT2D eigenvalue weighted by Gasteiger charge is 2.70. The number of amides is 2. The van der Waals surface area contributed by atoms with E-state index in [9.17, 15) is 24.3 Å². The van der Waals surface area contributed by atoms with Crippen LogP contribution in [0.4, 0.5) is 4.79 Å². The summed E-state index contributed by atoms with van der Waals surface area (Å²) in [6, 6.07) is 3.81. The molecule has 0 bridgehead atoms. The minimum atomic E-state index is -1.17. The number of fused-ring (bicyclic) bond motifs is 7. The molecule has 4 fully saturated rings. The summed E-state index contributed by atoms with van der Waals surface area (Å²) in [5.41, 5.74) is 0.204. The summed E-state index contributed by atoms with van der Waals surface area (Å²) in [5, 5.41) is 18.1. The van der Waals surface area contributed by atoms with Crippen molar-refractivity contribution in [3.05, 3.63) is 33.5 Å². The fourth-order valence-corrected chi connectivity index (χ4v) is 13.1. The van der Waals surface area contributed by atoms with Crippen LogP contribution in [0.5, 0.6) is 0 Å². The van der Waals surface area contributed by atoms with Crippen molar-refractivity contribution in [1.29, 1.82) is 0 Å². The Morgan fingerprint density at radius 2 is 1.70 bits per heavy atom. The topological polar surface area (TPSA) is 122 Å². The molecule has 5 aliphatic carbocycles. The van der Waals surface area contributed by atoms with Gasteiger partial charge >= 0.3 is 18.0 Å². The predicted octanol–water partition coefficient (Wildman–Crippen LogP) is 8.69. The first-order valence-electron chi connectivity index (χ1n) is 19.0. The van der Waals surface area contributed by atoms with Crippen molar-refractivity contribution < 1.29 is 29.0 Å². The number of nitrogens with one attached hydrogen (secondary N) is 2. The molecule has 0 saturated heterocycles. The number of carbonyl (C=O) groups is 4. The zero-order valence-electron chi connectivity index (χ0n) is 31.8. The van der Waals surface area contributed by atoms with E-state index in [1.165, 1.54) is 5.57 Å². The van der Waals surface area contributed by atoms with E-state index in [-0.39, 0.29) is 57.8 Å². The molecule has 8 atom stereocenters. The molecule has 276 valence electrons. The lowest BCUT2D eigenvalue weighted by molar-refractivity contribution is -0.232. The normalized spacial score (nSPS) is 37.7. The fraction of sp³-hybridized carbons (Fsp3) is 0.756. The lowest BCUT2D eigenvalue weighted by Gasteiger charge is -2.72. The van der Waals surface area contributed by atoms with Gasteiger partial charge in [-0.15, -0.1) is 11.3 Å². The van der Waals surface area contributed by atoms with Gasteiger partial charge in [-0.3, -0.25) is 14.4 Å². The zero-order chi connectivity index (χ0) is 36.7. The Morgan fingerprint density at radius 3 is 2.34 bits per heavy atom. The molecular formula is C41H60N2O6S. The summed E-state index contributed by atoms with van der Waals surface area (Å²) in [4.78, 5) is 53.3. The number of carboxylic acids is 1. The van der Waals surface area contributed by atoms with Gasteiger partial charge in [0.1, 0.15) is 6.10 Å². The highest BCUT2D eigenvalue weighted by Crippen LogP contribution is 2.76. The molecule has 2 amide bonds. The molecule has 3 N–H and O–H groups in total. The van der Waals surface area contributed by atoms with E-state index in [1.807, 2.05) is 17.5 Å². The third-order valence-electron chi connectivity index (χ3n) is 15.2. The summed E-state index contributed by atoms with van der Waals surface area (Å²) in [6.07, 6.45) is 7.62. The maximum atomic E-state index is 13.9. The summed E-state index contributed by atoms with van der Waals surface area (Å²) in [7, 11) is 0. The first-order chi connectivity index (χ1) is 23.2. The van der Waals surface area contributed by atoms with Crippen LogP contribution in [0.2, 0.25) is 0 Å². The molecule has 4 saturated carbocycles. The standard InChI is InChI=1S/C41H60N2O6S/c1-24(2)32-27(44)21-41(43-35(48)42-23-25-11-10-20-50-25)19-18-39(8)26(33(32)41)12-13-29-38(7)16-15-30(49-31(45)22-36(3,4)34(46)47)37(5,6)28(38)14-17-40(29,39)9/h10-11,20,24,26,28-30H,12-19,21-23H2,1-9H3,(H,46,47)(H2,42,43,48)/t26-,28+,29-,30+,38+,39-,40-,41-/m1/s1. The van der Waals surface area contributed by atoms with Crippen molar-refractivity contribution in [2.24, 2.45) is 50.7 Å². The number of thiophene rings is 1. The van der Waals surface area contributed by atoms with Gasteiger partial charge in [-0.05, 0) is 128 Å². The Balaban J connectivity index is 1.27. The number of hydrogen-bond acceptors (Lipinski definition) is 6. The van der Waals surface area contributed by atoms with Gasteiger partial charge in [0.15, 0.2) is 5.78 Å². The van der Waals surface area contributed by atoms with Crippen LogP contribution < -0.4 is 10.6 Å². The number of ketones is 1. The number of Topliss-reactive ketones (excluding diaryl/α,β-unsaturated/α-hetero) is 1. The van der Waals surface area contributed by atoms with Gasteiger partial charge in [-0.25, -0.2) is 4.79 Å². The van der Waals surface area contributed by atoms with Gasteiger partial charge in [0.25, 0.3) is 0 Å². The minimum Gasteiger partial charge on any atom is -0.481 e. The van der Waals surface area contributed by atoms with Crippen molar-refractivity contribution in [3.63, 3.8) is 0 Å². The SMILES string of the molecule is CC(C)C1=C2[C@H]3CC[C@@H]4[C@@]5(C)CC[C@H](OC(=O)CC(C)(C)C(=O)O)C(C)(C)[C@@H]5CC[C@@]4(C)[C@]3(C)CC[C@@]2(NC(=O)NCc2cccs2)CC1=O. The van der Waals surface area contributed by atoms with Crippen molar-refractivity contribution in [3.8, 4) is 0 Å². The highest BCUT2D eigenvalue weighted by atomic mass is 32.1. The zero-order valence-corrected chi connectivity index (χ0v) is 32.6. The van der Waals surface area contributed by atoms with Crippen molar-refractivity contribution >= 4 is 35.1 Å². The largest absolute Gasteiger partial charge is 0.481 e. The molecule has 0 radical (unpaired) electrons. The van der Waals surface area contributed by atoms with Gasteiger partial charge in [0.05, 0.1) is 23.9 Å². The van der Waals surface area contributed by atoms with Crippen molar-refractivity contribution in [2.45, 2.75) is 145 Å². The van der Waals surface area contributed by atoms with Crippen LogP contribution >= 0.6 is 11.3 Å². The number of esters is 1. The minimum absolute atomic E-state index is 0.0293. The lowest BCUT2D eigenvalue weighted by Crippen LogP contribution is -2.67. The highest BCUT2D eigenvalue weighted by molar-refractivity contribution is 7.09. The number of carbonyl (C=O) groups excluding carboxylic acids is 3. The van der Waals surface area contributed by atoms with Crippen molar-refractivity contribution in [1.82, 2.24) is 10.6 Å². The van der Waals surface area contributed by atoms with E-state index in [0.717, 1.165) is 61.8 Å². The third kappa shape index (κ3) is 5.67. The number of allylic oxidation sites excluding steroid dienone is 1. The first-order valence-corrected chi connectivity index (χ1v) is 19.9. The molecular weight excluding hydrogens is 649 g/mol. The Morgan fingerprint density at radius 1 is 0.980 bits per heavy atom. The second-order valence-corrected chi connectivity index (χ2v) is 19.9. The molecule has 8 nitrogen and oxygen atoms in total. The molecule has 5 aliphatic rings. The third-order valence-corrected chi connectivity index (χ3v) is 16.0. The Kier molecular flexibility index (Phi) is 9.26. The second-order valence-electron chi connectivity index (χ2n) is 18.9. The molecule has 9 heteroatoms. The smallest absolute Gasteiger partial charge is 0.315 e. The summed E-state index contributed by atoms with van der Waals surface area (Å²) in [6.45, 7) is 20.0. The Bertz CT molecular complexity index is 1580. The van der Waals surface area contributed by atoms with Crippen LogP contribution in [0.25, 0.3) is 0 Å². The Hall–Kier alpha value is -2.68. The fourth-order valence-electron chi connectivity index (χ4n) is 12.4. The molecule has 0 aliphatic heterocycles. The van der Waals surface area contributed by atoms with Gasteiger partial charge in [0.2, 0.25) is 0 Å². The van der Waals surface area contributed by atoms with E-state index in [1.54, 1.807) is 25.2 Å².